The lowest BCUT2D eigenvalue weighted by Crippen LogP contribution is -2.10. The fourth-order valence-corrected chi connectivity index (χ4v) is 2.35. The summed E-state index contributed by atoms with van der Waals surface area (Å²) in [5.74, 6) is -0.768. The first kappa shape index (κ1) is 18.5. The molecule has 0 radical (unpaired) electrons. The maximum absolute atomic E-state index is 12.8. The highest BCUT2D eigenvalue weighted by Gasteiger charge is 2.33. The Labute approximate surface area is 128 Å². The molecular formula is C16H22F3NO2. The summed E-state index contributed by atoms with van der Waals surface area (Å²) in [4.78, 5) is 14.2. The van der Waals surface area contributed by atoms with Crippen LogP contribution in [0.4, 0.5) is 13.2 Å². The van der Waals surface area contributed by atoms with E-state index < -0.39 is 17.7 Å². The summed E-state index contributed by atoms with van der Waals surface area (Å²) >= 11 is 0. The van der Waals surface area contributed by atoms with Gasteiger partial charge in [-0.15, -0.1) is 0 Å². The quantitative estimate of drug-likeness (QED) is 0.628. The molecule has 6 heteroatoms. The molecule has 1 rings (SSSR count). The summed E-state index contributed by atoms with van der Waals surface area (Å²) in [5.41, 5.74) is -0.514. The Morgan fingerprint density at radius 3 is 2.23 bits per heavy atom. The molecule has 0 fully saturated rings. The second-order valence-electron chi connectivity index (χ2n) is 5.36. The van der Waals surface area contributed by atoms with Gasteiger partial charge in [-0.25, -0.2) is 0 Å². The van der Waals surface area contributed by atoms with Crippen molar-refractivity contribution in [2.45, 2.75) is 64.0 Å². The lowest BCUT2D eigenvalue weighted by atomic mass is 10.0. The standard InChI is InChI=1S/C16H22F3NO2/c17-16(18,19)13-9-8-12-20-14(13)10-6-4-2-1-3-5-7-11-15(21)22/h8-9,12H,1-7,10-11H2,(H,21,22). The van der Waals surface area contributed by atoms with Gasteiger partial charge in [0.1, 0.15) is 0 Å². The van der Waals surface area contributed by atoms with E-state index in [1.807, 2.05) is 0 Å². The molecule has 22 heavy (non-hydrogen) atoms. The summed E-state index contributed by atoms with van der Waals surface area (Å²) in [6.45, 7) is 0. The van der Waals surface area contributed by atoms with Crippen LogP contribution in [0.15, 0.2) is 18.3 Å². The first-order valence-electron chi connectivity index (χ1n) is 7.64. The molecule has 0 aliphatic carbocycles. The topological polar surface area (TPSA) is 50.2 Å². The van der Waals surface area contributed by atoms with Gasteiger partial charge in [-0.3, -0.25) is 9.78 Å². The zero-order valence-electron chi connectivity index (χ0n) is 12.5. The first-order valence-corrected chi connectivity index (χ1v) is 7.64. The number of carboxylic acid groups (broad SMARTS) is 1. The van der Waals surface area contributed by atoms with Crippen molar-refractivity contribution in [3.05, 3.63) is 29.6 Å². The molecule has 0 saturated heterocycles. The molecule has 0 aliphatic heterocycles. The second kappa shape index (κ2) is 9.43. The Hall–Kier alpha value is -1.59. The normalized spacial score (nSPS) is 11.6. The van der Waals surface area contributed by atoms with Crippen LogP contribution in [0.2, 0.25) is 0 Å². The van der Waals surface area contributed by atoms with Crippen LogP contribution >= 0.6 is 0 Å². The van der Waals surface area contributed by atoms with Gasteiger partial charge in [0, 0.05) is 12.6 Å². The van der Waals surface area contributed by atoms with Crippen LogP contribution in [0.25, 0.3) is 0 Å². The predicted octanol–water partition coefficient (Wildman–Crippen LogP) is 4.85. The van der Waals surface area contributed by atoms with Gasteiger partial charge >= 0.3 is 12.1 Å². The number of carbonyl (C=O) groups is 1. The van der Waals surface area contributed by atoms with E-state index in [-0.39, 0.29) is 12.1 Å². The third kappa shape index (κ3) is 7.43. The molecule has 0 aromatic carbocycles. The average Bonchev–Trinajstić information content (AvgIpc) is 2.44. The van der Waals surface area contributed by atoms with E-state index in [0.717, 1.165) is 38.2 Å². The van der Waals surface area contributed by atoms with Crippen molar-refractivity contribution in [1.29, 1.82) is 0 Å². The monoisotopic (exact) mass is 317 g/mol. The van der Waals surface area contributed by atoms with Crippen LogP contribution in [-0.2, 0) is 17.4 Å². The molecule has 0 amide bonds. The number of aryl methyl sites for hydroxylation is 1. The smallest absolute Gasteiger partial charge is 0.418 e. The van der Waals surface area contributed by atoms with Crippen LogP contribution in [0.5, 0.6) is 0 Å². The van der Waals surface area contributed by atoms with Crippen molar-refractivity contribution in [3.63, 3.8) is 0 Å². The summed E-state index contributed by atoms with van der Waals surface area (Å²) in [6.07, 6.45) is 3.68. The van der Waals surface area contributed by atoms with Crippen molar-refractivity contribution in [2.24, 2.45) is 0 Å². The van der Waals surface area contributed by atoms with Crippen LogP contribution in [0, 0.1) is 0 Å². The Bertz CT molecular complexity index is 461. The molecule has 0 bridgehead atoms. The van der Waals surface area contributed by atoms with Gasteiger partial charge in [0.15, 0.2) is 0 Å². The number of hydrogen-bond acceptors (Lipinski definition) is 2. The van der Waals surface area contributed by atoms with E-state index in [2.05, 4.69) is 4.98 Å². The fraction of sp³-hybridized carbons (Fsp3) is 0.625. The second-order valence-corrected chi connectivity index (χ2v) is 5.36. The van der Waals surface area contributed by atoms with Gasteiger partial charge in [0.25, 0.3) is 0 Å². The van der Waals surface area contributed by atoms with Crippen molar-refractivity contribution >= 4 is 5.97 Å². The molecule has 0 unspecified atom stereocenters. The number of rotatable bonds is 10. The highest BCUT2D eigenvalue weighted by molar-refractivity contribution is 5.66. The zero-order valence-corrected chi connectivity index (χ0v) is 12.5. The number of aliphatic carboxylic acids is 1. The Balaban J connectivity index is 2.17. The molecule has 0 atom stereocenters. The maximum atomic E-state index is 12.8. The zero-order chi connectivity index (χ0) is 16.4. The summed E-state index contributed by atoms with van der Waals surface area (Å²) < 4.78 is 38.3. The minimum atomic E-state index is -4.34. The molecule has 1 N–H and O–H groups in total. The van der Waals surface area contributed by atoms with Crippen LogP contribution in [0.1, 0.15) is 62.6 Å². The van der Waals surface area contributed by atoms with Gasteiger partial charge in [0.2, 0.25) is 0 Å². The number of nitrogens with zero attached hydrogens (tertiary/aromatic N) is 1. The molecule has 1 aromatic heterocycles. The average molecular weight is 317 g/mol. The fourth-order valence-electron chi connectivity index (χ4n) is 2.35. The van der Waals surface area contributed by atoms with Gasteiger partial charge in [0.05, 0.1) is 11.3 Å². The van der Waals surface area contributed by atoms with Crippen molar-refractivity contribution < 1.29 is 23.1 Å². The molecular weight excluding hydrogens is 295 g/mol. The predicted molar refractivity (Wildman–Crippen MR) is 77.5 cm³/mol. The van der Waals surface area contributed by atoms with E-state index in [0.29, 0.717) is 19.3 Å². The van der Waals surface area contributed by atoms with E-state index in [1.165, 1.54) is 12.3 Å². The van der Waals surface area contributed by atoms with Crippen LogP contribution in [0.3, 0.4) is 0 Å². The summed E-state index contributed by atoms with van der Waals surface area (Å²) in [7, 11) is 0. The number of pyridine rings is 1. The van der Waals surface area contributed by atoms with E-state index in [1.54, 1.807) is 0 Å². The molecule has 1 heterocycles. The SMILES string of the molecule is O=C(O)CCCCCCCCCc1ncccc1C(F)(F)F. The highest BCUT2D eigenvalue weighted by Crippen LogP contribution is 2.31. The van der Waals surface area contributed by atoms with Crippen molar-refractivity contribution in [3.8, 4) is 0 Å². The van der Waals surface area contributed by atoms with Crippen molar-refractivity contribution in [2.75, 3.05) is 0 Å². The lowest BCUT2D eigenvalue weighted by Gasteiger charge is -2.11. The van der Waals surface area contributed by atoms with E-state index >= 15 is 0 Å². The lowest BCUT2D eigenvalue weighted by molar-refractivity contribution is -0.139. The van der Waals surface area contributed by atoms with E-state index in [9.17, 15) is 18.0 Å². The number of halogens is 3. The summed E-state index contributed by atoms with van der Waals surface area (Å²) in [5, 5.41) is 8.49. The molecule has 0 saturated carbocycles. The summed E-state index contributed by atoms with van der Waals surface area (Å²) in [6, 6.07) is 2.38. The minimum absolute atomic E-state index is 0.122. The third-order valence-corrected chi connectivity index (χ3v) is 3.50. The molecule has 124 valence electrons. The number of alkyl halides is 3. The highest BCUT2D eigenvalue weighted by atomic mass is 19.4. The van der Waals surface area contributed by atoms with Gasteiger partial charge in [-0.2, -0.15) is 13.2 Å². The maximum Gasteiger partial charge on any atom is 0.418 e. The van der Waals surface area contributed by atoms with Crippen molar-refractivity contribution in [1.82, 2.24) is 4.98 Å². The van der Waals surface area contributed by atoms with E-state index in [4.69, 9.17) is 5.11 Å². The third-order valence-electron chi connectivity index (χ3n) is 3.50. The molecule has 0 aliphatic rings. The Kier molecular flexibility index (Phi) is 7.91. The minimum Gasteiger partial charge on any atom is -0.481 e. The Morgan fingerprint density at radius 2 is 1.64 bits per heavy atom. The molecule has 1 aromatic rings. The van der Waals surface area contributed by atoms with Crippen LogP contribution < -0.4 is 0 Å². The van der Waals surface area contributed by atoms with Gasteiger partial charge in [-0.1, -0.05) is 32.1 Å². The first-order chi connectivity index (χ1) is 10.4. The van der Waals surface area contributed by atoms with Gasteiger partial charge in [-0.05, 0) is 31.4 Å². The number of carboxylic acids is 1. The van der Waals surface area contributed by atoms with Gasteiger partial charge < -0.3 is 5.11 Å². The van der Waals surface area contributed by atoms with Crippen LogP contribution in [-0.4, -0.2) is 16.1 Å². The molecule has 0 spiro atoms. The number of hydrogen-bond donors (Lipinski definition) is 1. The number of unbranched alkanes of at least 4 members (excludes halogenated alkanes) is 6. The largest absolute Gasteiger partial charge is 0.481 e. The molecule has 3 nitrogen and oxygen atoms in total. The Morgan fingerprint density at radius 1 is 1.05 bits per heavy atom. The number of aromatic nitrogens is 1.